The van der Waals surface area contributed by atoms with E-state index in [0.29, 0.717) is 22.6 Å². The van der Waals surface area contributed by atoms with Gasteiger partial charge in [-0.25, -0.2) is 13.2 Å². The van der Waals surface area contributed by atoms with Gasteiger partial charge < -0.3 is 19.7 Å². The molecule has 0 spiro atoms. The number of aliphatic hydroxyl groups excluding tert-OH is 1. The molecule has 3 aromatic rings. The standard InChI is InChI=1S/C28H32ClN3O6S/c1-28(2,3)37-27(34)32(19-26(33)22-5-4-6-23(29)17-22)16-15-20-7-11-24(12-8-20)39(35,36)25-13-9-21(10-14-25)18-31-38-30/h4-14,17-18,26,33H,15-16,19,30H2,1-3H3/b31-18+/t26-/m0/s1. The maximum absolute atomic E-state index is 13.1. The summed E-state index contributed by atoms with van der Waals surface area (Å²) in [6.07, 6.45) is 0.247. The van der Waals surface area contributed by atoms with E-state index in [0.717, 1.165) is 5.56 Å². The zero-order valence-corrected chi connectivity index (χ0v) is 23.5. The third-order valence-electron chi connectivity index (χ3n) is 5.64. The molecule has 0 heterocycles. The number of amides is 1. The van der Waals surface area contributed by atoms with Gasteiger partial charge >= 0.3 is 6.09 Å². The molecule has 1 atom stereocenters. The minimum atomic E-state index is -3.74. The largest absolute Gasteiger partial charge is 0.444 e. The van der Waals surface area contributed by atoms with Gasteiger partial charge in [-0.3, -0.25) is 0 Å². The minimum Gasteiger partial charge on any atom is -0.444 e. The van der Waals surface area contributed by atoms with Crippen LogP contribution in [0.2, 0.25) is 5.02 Å². The van der Waals surface area contributed by atoms with Gasteiger partial charge in [-0.2, -0.15) is 0 Å². The van der Waals surface area contributed by atoms with Crippen LogP contribution in [-0.4, -0.2) is 49.4 Å². The summed E-state index contributed by atoms with van der Waals surface area (Å²) in [5.41, 5.74) is 1.31. The van der Waals surface area contributed by atoms with Crippen LogP contribution >= 0.6 is 11.6 Å². The summed E-state index contributed by atoms with van der Waals surface area (Å²) in [6, 6.07) is 19.4. The van der Waals surface area contributed by atoms with Crippen molar-refractivity contribution < 1.29 is 28.0 Å². The number of ether oxygens (including phenoxy) is 1. The Morgan fingerprint density at radius 1 is 1.08 bits per heavy atom. The van der Waals surface area contributed by atoms with Crippen LogP contribution in [0.3, 0.4) is 0 Å². The normalized spacial score (nSPS) is 12.8. The highest BCUT2D eigenvalue weighted by Gasteiger charge is 2.25. The molecule has 1 amide bonds. The molecule has 0 aromatic heterocycles. The third kappa shape index (κ3) is 8.79. The Hall–Kier alpha value is -3.44. The van der Waals surface area contributed by atoms with Crippen LogP contribution in [0.4, 0.5) is 4.79 Å². The maximum Gasteiger partial charge on any atom is 0.410 e. The van der Waals surface area contributed by atoms with Crippen LogP contribution in [0.5, 0.6) is 0 Å². The number of nitrogens with zero attached hydrogens (tertiary/aromatic N) is 2. The zero-order valence-electron chi connectivity index (χ0n) is 22.0. The van der Waals surface area contributed by atoms with Gasteiger partial charge in [0.2, 0.25) is 9.84 Å². The number of carbonyl (C=O) groups is 1. The lowest BCUT2D eigenvalue weighted by molar-refractivity contribution is 0.0147. The second kappa shape index (κ2) is 13.1. The number of rotatable bonds is 10. The fourth-order valence-electron chi connectivity index (χ4n) is 3.67. The second-order valence-corrected chi connectivity index (χ2v) is 12.2. The van der Waals surface area contributed by atoms with Crippen molar-refractivity contribution in [1.29, 1.82) is 0 Å². The highest BCUT2D eigenvalue weighted by atomic mass is 35.5. The van der Waals surface area contributed by atoms with Crippen molar-refractivity contribution in [1.82, 2.24) is 4.90 Å². The molecule has 3 aromatic carbocycles. The molecule has 0 unspecified atom stereocenters. The summed E-state index contributed by atoms with van der Waals surface area (Å²) in [4.78, 5) is 18.7. The molecule has 0 aliphatic carbocycles. The van der Waals surface area contributed by atoms with E-state index in [4.69, 9.17) is 22.2 Å². The average Bonchev–Trinajstić information content (AvgIpc) is 2.89. The van der Waals surface area contributed by atoms with Crippen molar-refractivity contribution in [3.8, 4) is 0 Å². The van der Waals surface area contributed by atoms with E-state index >= 15 is 0 Å². The monoisotopic (exact) mass is 573 g/mol. The Morgan fingerprint density at radius 3 is 2.26 bits per heavy atom. The Balaban J connectivity index is 1.72. The highest BCUT2D eigenvalue weighted by molar-refractivity contribution is 7.91. The predicted octanol–water partition coefficient (Wildman–Crippen LogP) is 4.91. The van der Waals surface area contributed by atoms with E-state index in [2.05, 4.69) is 10.1 Å². The van der Waals surface area contributed by atoms with Crippen molar-refractivity contribution in [2.45, 2.75) is 48.7 Å². The van der Waals surface area contributed by atoms with Crippen LogP contribution < -0.4 is 5.90 Å². The van der Waals surface area contributed by atoms with Crippen LogP contribution in [0.25, 0.3) is 0 Å². The van der Waals surface area contributed by atoms with E-state index < -0.39 is 27.6 Å². The fourth-order valence-corrected chi connectivity index (χ4v) is 5.13. The van der Waals surface area contributed by atoms with Gasteiger partial charge in [-0.15, -0.1) is 5.90 Å². The van der Waals surface area contributed by atoms with Gasteiger partial charge in [0.1, 0.15) is 5.60 Å². The number of sulfone groups is 1. The first-order chi connectivity index (χ1) is 18.4. The van der Waals surface area contributed by atoms with Crippen LogP contribution in [0.1, 0.15) is 43.6 Å². The number of carbonyl (C=O) groups excluding carboxylic acids is 1. The maximum atomic E-state index is 13.1. The van der Waals surface area contributed by atoms with Crippen molar-refractivity contribution in [3.05, 3.63) is 94.5 Å². The molecule has 0 radical (unpaired) electrons. The summed E-state index contributed by atoms with van der Waals surface area (Å²) in [5, 5.41) is 14.7. The molecular weight excluding hydrogens is 542 g/mol. The lowest BCUT2D eigenvalue weighted by Crippen LogP contribution is -2.40. The summed E-state index contributed by atoms with van der Waals surface area (Å²) in [6.45, 7) is 5.55. The summed E-state index contributed by atoms with van der Waals surface area (Å²) >= 11 is 6.05. The fraction of sp³-hybridized carbons (Fsp3) is 0.286. The molecule has 208 valence electrons. The molecule has 39 heavy (non-hydrogen) atoms. The molecule has 0 saturated carbocycles. The first-order valence-electron chi connectivity index (χ1n) is 12.1. The number of aliphatic hydroxyl groups is 1. The molecule has 9 nitrogen and oxygen atoms in total. The number of halogens is 1. The molecule has 3 rings (SSSR count). The predicted molar refractivity (Wildman–Crippen MR) is 149 cm³/mol. The van der Waals surface area contributed by atoms with Crippen molar-refractivity contribution in [3.63, 3.8) is 0 Å². The first kappa shape index (κ1) is 30.1. The molecule has 0 bridgehead atoms. The lowest BCUT2D eigenvalue weighted by atomic mass is 10.1. The molecule has 11 heteroatoms. The van der Waals surface area contributed by atoms with E-state index in [1.54, 1.807) is 69.3 Å². The molecule has 3 N–H and O–H groups in total. The first-order valence-corrected chi connectivity index (χ1v) is 14.0. The van der Waals surface area contributed by atoms with Gasteiger partial charge in [0.25, 0.3) is 0 Å². The van der Waals surface area contributed by atoms with Gasteiger partial charge in [0.15, 0.2) is 0 Å². The van der Waals surface area contributed by atoms with E-state index in [1.807, 2.05) is 0 Å². The highest BCUT2D eigenvalue weighted by Crippen LogP contribution is 2.23. The van der Waals surface area contributed by atoms with Crippen molar-refractivity contribution in [2.24, 2.45) is 11.1 Å². The minimum absolute atomic E-state index is 0.000171. The van der Waals surface area contributed by atoms with E-state index in [9.17, 15) is 18.3 Å². The quantitative estimate of drug-likeness (QED) is 0.260. The van der Waals surface area contributed by atoms with Crippen molar-refractivity contribution >= 4 is 33.7 Å². The zero-order chi connectivity index (χ0) is 28.6. The Labute approximate surface area is 233 Å². The lowest BCUT2D eigenvalue weighted by Gasteiger charge is -2.29. The van der Waals surface area contributed by atoms with Gasteiger partial charge in [0.05, 0.1) is 28.7 Å². The van der Waals surface area contributed by atoms with E-state index in [-0.39, 0.29) is 22.9 Å². The average molecular weight is 574 g/mol. The molecule has 0 aliphatic heterocycles. The topological polar surface area (TPSA) is 132 Å². The molecule has 0 saturated heterocycles. The summed E-state index contributed by atoms with van der Waals surface area (Å²) < 4.78 is 31.6. The number of benzene rings is 3. The molecule has 0 aliphatic rings. The Kier molecular flexibility index (Phi) is 10.1. The van der Waals surface area contributed by atoms with Gasteiger partial charge in [0, 0.05) is 11.6 Å². The van der Waals surface area contributed by atoms with Gasteiger partial charge in [-0.05, 0) is 80.3 Å². The van der Waals surface area contributed by atoms with Crippen LogP contribution in [-0.2, 0) is 25.9 Å². The molecular formula is C28H32ClN3O6S. The van der Waals surface area contributed by atoms with E-state index in [1.165, 1.54) is 35.4 Å². The number of oxime groups is 1. The second-order valence-electron chi connectivity index (χ2n) is 9.80. The number of nitrogens with two attached hydrogens (primary N) is 1. The molecule has 0 fully saturated rings. The third-order valence-corrected chi connectivity index (χ3v) is 7.66. The van der Waals surface area contributed by atoms with Crippen LogP contribution in [0.15, 0.2) is 87.7 Å². The SMILES string of the molecule is CC(C)(C)OC(=O)N(CCc1ccc(S(=O)(=O)c2ccc(/C=N/ON)cc2)cc1)C[C@H](O)c1cccc(Cl)c1. The Bertz CT molecular complexity index is 1390. The van der Waals surface area contributed by atoms with Crippen molar-refractivity contribution in [2.75, 3.05) is 13.1 Å². The van der Waals surface area contributed by atoms with Gasteiger partial charge in [-0.1, -0.05) is 53.2 Å². The Morgan fingerprint density at radius 2 is 1.69 bits per heavy atom. The number of hydrogen-bond acceptors (Lipinski definition) is 8. The summed E-state index contributed by atoms with van der Waals surface area (Å²) in [7, 11) is -3.74. The number of hydrogen-bond donors (Lipinski definition) is 2. The smallest absolute Gasteiger partial charge is 0.410 e. The summed E-state index contributed by atoms with van der Waals surface area (Å²) in [5.74, 6) is 4.86. The van der Waals surface area contributed by atoms with Crippen LogP contribution in [0, 0.1) is 0 Å².